The number of hydrogen-bond acceptors (Lipinski definition) is 1. The molecule has 0 bridgehead atoms. The molecule has 1 heterocycles. The number of aryl methyl sites for hydroxylation is 2. The summed E-state index contributed by atoms with van der Waals surface area (Å²) >= 11 is 0. The van der Waals surface area contributed by atoms with Gasteiger partial charge < -0.3 is 4.74 Å². The Hall–Kier alpha value is -1.81. The first-order valence-corrected chi connectivity index (χ1v) is 9.95. The first kappa shape index (κ1) is 18.5. The molecule has 1 fully saturated rings. The van der Waals surface area contributed by atoms with E-state index in [1.807, 2.05) is 13.0 Å². The van der Waals surface area contributed by atoms with E-state index in [9.17, 15) is 8.78 Å². The minimum absolute atomic E-state index is 0.108. The van der Waals surface area contributed by atoms with E-state index >= 15 is 4.39 Å². The standard InChI is InChI=1S/C23H25F3O/c1-3-4-16-11-18-17-10-9-15(8-7-14-6-5-13(2)27-12-14)21(24)19(17)20(18)23(26)22(16)25/h9-11,13-14H,3-8,12H2,1-2H3. The Balaban J connectivity index is 1.57. The van der Waals surface area contributed by atoms with Gasteiger partial charge in [-0.05, 0) is 73.3 Å². The molecule has 27 heavy (non-hydrogen) atoms. The Morgan fingerprint density at radius 2 is 1.70 bits per heavy atom. The Bertz CT molecular complexity index is 867. The summed E-state index contributed by atoms with van der Waals surface area (Å²) in [7, 11) is 0. The van der Waals surface area contributed by atoms with Crippen molar-refractivity contribution in [2.24, 2.45) is 5.92 Å². The molecule has 0 spiro atoms. The molecule has 1 saturated heterocycles. The van der Waals surface area contributed by atoms with Gasteiger partial charge in [0.05, 0.1) is 6.10 Å². The summed E-state index contributed by atoms with van der Waals surface area (Å²) in [5.41, 5.74) is 2.63. The van der Waals surface area contributed by atoms with Crippen molar-refractivity contribution in [2.45, 2.75) is 58.5 Å². The summed E-state index contributed by atoms with van der Waals surface area (Å²) in [6, 6.07) is 5.33. The maximum atomic E-state index is 15.0. The maximum Gasteiger partial charge on any atom is 0.167 e. The molecule has 144 valence electrons. The van der Waals surface area contributed by atoms with Crippen LogP contribution in [-0.4, -0.2) is 12.7 Å². The largest absolute Gasteiger partial charge is 0.378 e. The van der Waals surface area contributed by atoms with Crippen LogP contribution in [0.1, 0.15) is 50.7 Å². The van der Waals surface area contributed by atoms with E-state index < -0.39 is 17.5 Å². The lowest BCUT2D eigenvalue weighted by Crippen LogP contribution is -2.24. The summed E-state index contributed by atoms with van der Waals surface area (Å²) in [6.45, 7) is 4.72. The summed E-state index contributed by atoms with van der Waals surface area (Å²) in [5.74, 6) is -1.70. The molecular formula is C23H25F3O. The lowest BCUT2D eigenvalue weighted by atomic mass is 9.77. The zero-order chi connectivity index (χ0) is 19.1. The average molecular weight is 374 g/mol. The quantitative estimate of drug-likeness (QED) is 0.498. The van der Waals surface area contributed by atoms with Crippen LogP contribution in [0.5, 0.6) is 0 Å². The van der Waals surface area contributed by atoms with Gasteiger partial charge in [0.2, 0.25) is 0 Å². The second-order valence-electron chi connectivity index (χ2n) is 7.92. The second kappa shape index (κ2) is 7.31. The molecule has 1 aliphatic carbocycles. The van der Waals surface area contributed by atoms with Gasteiger partial charge in [0.15, 0.2) is 11.6 Å². The molecule has 1 nitrogen and oxygen atoms in total. The number of benzene rings is 2. The third-order valence-corrected chi connectivity index (χ3v) is 5.98. The molecule has 0 radical (unpaired) electrons. The lowest BCUT2D eigenvalue weighted by molar-refractivity contribution is -0.00698. The van der Waals surface area contributed by atoms with Crippen molar-refractivity contribution in [3.05, 3.63) is 46.8 Å². The molecule has 2 aliphatic rings. The van der Waals surface area contributed by atoms with Gasteiger partial charge in [-0.3, -0.25) is 0 Å². The average Bonchev–Trinajstić information content (AvgIpc) is 2.65. The van der Waals surface area contributed by atoms with Crippen molar-refractivity contribution in [1.29, 1.82) is 0 Å². The van der Waals surface area contributed by atoms with Crippen molar-refractivity contribution >= 4 is 0 Å². The highest BCUT2D eigenvalue weighted by Crippen LogP contribution is 2.51. The van der Waals surface area contributed by atoms with Gasteiger partial charge in [-0.15, -0.1) is 0 Å². The van der Waals surface area contributed by atoms with E-state index in [4.69, 9.17) is 4.74 Å². The minimum atomic E-state index is -0.908. The van der Waals surface area contributed by atoms with Crippen LogP contribution < -0.4 is 0 Å². The van der Waals surface area contributed by atoms with Crippen LogP contribution in [0.4, 0.5) is 13.2 Å². The lowest BCUT2D eigenvalue weighted by Gasteiger charge is -2.29. The van der Waals surface area contributed by atoms with E-state index in [1.54, 1.807) is 12.1 Å². The van der Waals surface area contributed by atoms with Crippen molar-refractivity contribution in [2.75, 3.05) is 6.61 Å². The van der Waals surface area contributed by atoms with Gasteiger partial charge in [-0.1, -0.05) is 25.5 Å². The van der Waals surface area contributed by atoms with Crippen molar-refractivity contribution in [3.8, 4) is 22.3 Å². The van der Waals surface area contributed by atoms with Crippen LogP contribution in [0.3, 0.4) is 0 Å². The van der Waals surface area contributed by atoms with Crippen LogP contribution >= 0.6 is 0 Å². The first-order chi connectivity index (χ1) is 13.0. The van der Waals surface area contributed by atoms with E-state index in [0.29, 0.717) is 47.1 Å². The molecule has 2 unspecified atom stereocenters. The zero-order valence-electron chi connectivity index (χ0n) is 15.9. The number of fused-ring (bicyclic) bond motifs is 4. The highest BCUT2D eigenvalue weighted by atomic mass is 19.2. The summed E-state index contributed by atoms with van der Waals surface area (Å²) in [4.78, 5) is 0. The zero-order valence-corrected chi connectivity index (χ0v) is 15.9. The Kier molecular flexibility index (Phi) is 5.02. The van der Waals surface area contributed by atoms with Gasteiger partial charge >= 0.3 is 0 Å². The van der Waals surface area contributed by atoms with Gasteiger partial charge in [0.25, 0.3) is 0 Å². The number of ether oxygens (including phenoxy) is 1. The van der Waals surface area contributed by atoms with Gasteiger partial charge in [0.1, 0.15) is 5.82 Å². The Morgan fingerprint density at radius 3 is 2.41 bits per heavy atom. The van der Waals surface area contributed by atoms with E-state index in [-0.39, 0.29) is 11.1 Å². The molecular weight excluding hydrogens is 349 g/mol. The molecule has 0 amide bonds. The first-order valence-electron chi connectivity index (χ1n) is 9.95. The second-order valence-corrected chi connectivity index (χ2v) is 7.92. The van der Waals surface area contributed by atoms with Crippen LogP contribution in [0.15, 0.2) is 18.2 Å². The molecule has 2 aromatic rings. The SMILES string of the molecule is CCCc1cc2c(c(F)c1F)-c1c-2ccc(CCC2CCC(C)OC2)c1F. The fraction of sp³-hybridized carbons (Fsp3) is 0.478. The van der Waals surface area contributed by atoms with Gasteiger partial charge in [-0.25, -0.2) is 13.2 Å². The fourth-order valence-corrected chi connectivity index (χ4v) is 4.33. The van der Waals surface area contributed by atoms with Gasteiger partial charge in [-0.2, -0.15) is 0 Å². The topological polar surface area (TPSA) is 9.23 Å². The molecule has 0 saturated carbocycles. The third kappa shape index (κ3) is 3.18. The molecule has 2 atom stereocenters. The smallest absolute Gasteiger partial charge is 0.167 e. The molecule has 2 aromatic carbocycles. The molecule has 1 aliphatic heterocycles. The summed E-state index contributed by atoms with van der Waals surface area (Å²) in [5, 5.41) is 0. The number of halogens is 3. The van der Waals surface area contributed by atoms with Crippen molar-refractivity contribution in [1.82, 2.24) is 0 Å². The Labute approximate surface area is 158 Å². The summed E-state index contributed by atoms with van der Waals surface area (Å²) in [6.07, 6.45) is 5.09. The maximum absolute atomic E-state index is 15.0. The highest BCUT2D eigenvalue weighted by Gasteiger charge is 2.33. The molecule has 0 aromatic heterocycles. The predicted molar refractivity (Wildman–Crippen MR) is 101 cm³/mol. The number of hydrogen-bond donors (Lipinski definition) is 0. The fourth-order valence-electron chi connectivity index (χ4n) is 4.33. The van der Waals surface area contributed by atoms with Crippen LogP contribution in [-0.2, 0) is 17.6 Å². The van der Waals surface area contributed by atoms with E-state index in [1.165, 1.54) is 0 Å². The van der Waals surface area contributed by atoms with E-state index in [2.05, 4.69) is 6.92 Å². The molecule has 4 heteroatoms. The molecule has 4 rings (SSSR count). The normalized spacial score (nSPS) is 20.8. The van der Waals surface area contributed by atoms with Crippen LogP contribution in [0, 0.1) is 23.4 Å². The Morgan fingerprint density at radius 1 is 0.926 bits per heavy atom. The van der Waals surface area contributed by atoms with Gasteiger partial charge in [0, 0.05) is 17.7 Å². The predicted octanol–water partition coefficient (Wildman–Crippen LogP) is 6.45. The highest BCUT2D eigenvalue weighted by molar-refractivity contribution is 6.03. The summed E-state index contributed by atoms with van der Waals surface area (Å²) < 4.78 is 49.6. The van der Waals surface area contributed by atoms with Crippen LogP contribution in [0.25, 0.3) is 22.3 Å². The number of rotatable bonds is 5. The third-order valence-electron chi connectivity index (χ3n) is 5.98. The van der Waals surface area contributed by atoms with Crippen molar-refractivity contribution < 1.29 is 17.9 Å². The van der Waals surface area contributed by atoms with Crippen molar-refractivity contribution in [3.63, 3.8) is 0 Å². The molecule has 0 N–H and O–H groups in total. The minimum Gasteiger partial charge on any atom is -0.378 e. The van der Waals surface area contributed by atoms with Crippen LogP contribution in [0.2, 0.25) is 0 Å². The monoisotopic (exact) mass is 374 g/mol. The van der Waals surface area contributed by atoms with E-state index in [0.717, 1.165) is 32.3 Å².